The van der Waals surface area contributed by atoms with Crippen molar-refractivity contribution in [3.8, 4) is 17.2 Å². The Labute approximate surface area is 247 Å². The van der Waals surface area contributed by atoms with Gasteiger partial charge >= 0.3 is 6.09 Å². The van der Waals surface area contributed by atoms with E-state index >= 15 is 0 Å². The van der Waals surface area contributed by atoms with Gasteiger partial charge in [0, 0.05) is 44.7 Å². The fraction of sp³-hybridized carbons (Fsp3) is 0.355. The zero-order valence-electron chi connectivity index (χ0n) is 23.7. The second kappa shape index (κ2) is 15.7. The molecule has 0 aliphatic carbocycles. The Morgan fingerprint density at radius 1 is 0.780 bits per heavy atom. The first-order valence-corrected chi connectivity index (χ1v) is 13.3. The second-order valence-corrected chi connectivity index (χ2v) is 9.54. The Morgan fingerprint density at radius 2 is 1.39 bits per heavy atom. The van der Waals surface area contributed by atoms with Crippen LogP contribution in [-0.4, -0.2) is 75.4 Å². The van der Waals surface area contributed by atoms with E-state index in [0.29, 0.717) is 56.4 Å². The van der Waals surface area contributed by atoms with Gasteiger partial charge in [0.25, 0.3) is 0 Å². The number of alkyl carbamates (subject to hydrolysis) is 1. The van der Waals surface area contributed by atoms with Gasteiger partial charge in [-0.2, -0.15) is 0 Å². The van der Waals surface area contributed by atoms with E-state index in [9.17, 15) is 9.59 Å². The van der Waals surface area contributed by atoms with Gasteiger partial charge in [0.05, 0.1) is 21.3 Å². The summed E-state index contributed by atoms with van der Waals surface area (Å²) in [5, 5.41) is 2.81. The summed E-state index contributed by atoms with van der Waals surface area (Å²) in [6, 6.07) is 22.2. The van der Waals surface area contributed by atoms with Crippen molar-refractivity contribution in [3.05, 3.63) is 89.5 Å². The summed E-state index contributed by atoms with van der Waals surface area (Å²) in [6.07, 6.45) is -0.235. The van der Waals surface area contributed by atoms with Crippen LogP contribution in [0.2, 0.25) is 0 Å². The van der Waals surface area contributed by atoms with E-state index in [1.54, 1.807) is 21.3 Å². The third-order valence-corrected chi connectivity index (χ3v) is 6.95. The van der Waals surface area contributed by atoms with Gasteiger partial charge in [0.15, 0.2) is 11.5 Å². The predicted molar refractivity (Wildman–Crippen MR) is 159 cm³/mol. The monoisotopic (exact) mass is 583 g/mol. The molecule has 10 heteroatoms. The summed E-state index contributed by atoms with van der Waals surface area (Å²) in [4.78, 5) is 30.4. The minimum Gasteiger partial charge on any atom is -0.493 e. The lowest BCUT2D eigenvalue weighted by molar-refractivity contribution is -0.135. The first-order chi connectivity index (χ1) is 19.5. The Balaban J connectivity index is 0.00000462. The van der Waals surface area contributed by atoms with Gasteiger partial charge in [0.2, 0.25) is 11.7 Å². The number of hydrogen-bond acceptors (Lipinski definition) is 7. The van der Waals surface area contributed by atoms with Crippen LogP contribution in [-0.2, 0) is 29.1 Å². The lowest BCUT2D eigenvalue weighted by Gasteiger charge is -2.36. The van der Waals surface area contributed by atoms with E-state index < -0.39 is 12.1 Å². The molecule has 0 saturated carbocycles. The van der Waals surface area contributed by atoms with Crippen molar-refractivity contribution >= 4 is 24.4 Å². The molecule has 220 valence electrons. The number of piperazine rings is 1. The molecule has 0 aromatic heterocycles. The van der Waals surface area contributed by atoms with Crippen LogP contribution in [0, 0.1) is 0 Å². The highest BCUT2D eigenvalue weighted by Gasteiger charge is 2.30. The Bertz CT molecular complexity index is 1250. The highest BCUT2D eigenvalue weighted by Crippen LogP contribution is 2.40. The maximum atomic E-state index is 13.6. The van der Waals surface area contributed by atoms with E-state index in [0.717, 1.165) is 16.7 Å². The van der Waals surface area contributed by atoms with Crippen LogP contribution < -0.4 is 19.5 Å². The molecule has 3 aromatic rings. The number of carbonyl (C=O) groups excluding carboxylic acids is 2. The molecule has 0 spiro atoms. The molecule has 1 saturated heterocycles. The van der Waals surface area contributed by atoms with Crippen LogP contribution in [0.5, 0.6) is 17.2 Å². The number of amides is 2. The highest BCUT2D eigenvalue weighted by atomic mass is 35.5. The summed E-state index contributed by atoms with van der Waals surface area (Å²) in [6.45, 7) is 3.22. The zero-order chi connectivity index (χ0) is 28.3. The average molecular weight is 584 g/mol. The molecule has 1 fully saturated rings. The van der Waals surface area contributed by atoms with Gasteiger partial charge in [-0.05, 0) is 17.2 Å². The molecule has 1 heterocycles. The number of nitrogens with zero attached hydrogens (tertiary/aromatic N) is 2. The molecular formula is C31H38ClN3O6. The molecule has 2 amide bonds. The molecule has 3 aromatic carbocycles. The molecular weight excluding hydrogens is 546 g/mol. The second-order valence-electron chi connectivity index (χ2n) is 9.54. The van der Waals surface area contributed by atoms with Gasteiger partial charge in [-0.3, -0.25) is 9.69 Å². The van der Waals surface area contributed by atoms with E-state index in [-0.39, 0.29) is 24.9 Å². The van der Waals surface area contributed by atoms with Gasteiger partial charge in [-0.1, -0.05) is 66.7 Å². The Morgan fingerprint density at radius 3 is 1.98 bits per heavy atom. The number of carbonyl (C=O) groups is 2. The van der Waals surface area contributed by atoms with Gasteiger partial charge in [-0.15, -0.1) is 12.4 Å². The molecule has 1 N–H and O–H groups in total. The maximum absolute atomic E-state index is 13.6. The Kier molecular flexibility index (Phi) is 12.1. The molecule has 4 rings (SSSR count). The largest absolute Gasteiger partial charge is 0.493 e. The number of ether oxygens (including phenoxy) is 4. The minimum absolute atomic E-state index is 0. The zero-order valence-corrected chi connectivity index (χ0v) is 24.5. The summed E-state index contributed by atoms with van der Waals surface area (Å²) in [5.74, 6) is 1.69. The molecule has 41 heavy (non-hydrogen) atoms. The van der Waals surface area contributed by atoms with Gasteiger partial charge in [0.1, 0.15) is 12.6 Å². The van der Waals surface area contributed by atoms with Gasteiger partial charge < -0.3 is 29.2 Å². The fourth-order valence-corrected chi connectivity index (χ4v) is 4.83. The molecule has 0 radical (unpaired) electrons. The van der Waals surface area contributed by atoms with E-state index in [1.165, 1.54) is 0 Å². The molecule has 9 nitrogen and oxygen atoms in total. The first-order valence-electron chi connectivity index (χ1n) is 13.3. The molecule has 1 aliphatic heterocycles. The lowest BCUT2D eigenvalue weighted by atomic mass is 10.0. The topological polar surface area (TPSA) is 89.6 Å². The van der Waals surface area contributed by atoms with Crippen molar-refractivity contribution < 1.29 is 28.5 Å². The van der Waals surface area contributed by atoms with Crippen LogP contribution in [0.15, 0.2) is 72.8 Å². The number of hydrogen-bond donors (Lipinski definition) is 1. The third-order valence-electron chi connectivity index (χ3n) is 6.95. The number of methoxy groups -OCH3 is 3. The third kappa shape index (κ3) is 8.52. The SMILES string of the molecule is COc1ccc(CN2CCN(C(=O)[C@H](Cc3ccccc3)NC(=O)OCc3ccccc3)CC2)c(OC)c1OC.Cl. The maximum Gasteiger partial charge on any atom is 0.408 e. The summed E-state index contributed by atoms with van der Waals surface area (Å²) >= 11 is 0. The van der Waals surface area contributed by atoms with Gasteiger partial charge in [-0.25, -0.2) is 4.79 Å². The number of nitrogens with one attached hydrogen (secondary N) is 1. The number of rotatable bonds is 11. The summed E-state index contributed by atoms with van der Waals surface area (Å²) in [7, 11) is 4.80. The molecule has 0 unspecified atom stereocenters. The van der Waals surface area contributed by atoms with Crippen LogP contribution in [0.3, 0.4) is 0 Å². The van der Waals surface area contributed by atoms with Crippen molar-refractivity contribution in [1.82, 2.24) is 15.1 Å². The first kappa shape index (κ1) is 31.6. The predicted octanol–water partition coefficient (Wildman–Crippen LogP) is 4.32. The van der Waals surface area contributed by atoms with Crippen molar-refractivity contribution in [1.29, 1.82) is 0 Å². The number of benzene rings is 3. The van der Waals surface area contributed by atoms with E-state index in [4.69, 9.17) is 18.9 Å². The van der Waals surface area contributed by atoms with E-state index in [2.05, 4.69) is 10.2 Å². The summed E-state index contributed by atoms with van der Waals surface area (Å²) in [5.41, 5.74) is 2.82. The molecule has 1 atom stereocenters. The molecule has 0 bridgehead atoms. The minimum atomic E-state index is -0.733. The van der Waals surface area contributed by atoms with Crippen LogP contribution >= 0.6 is 12.4 Å². The quantitative estimate of drug-likeness (QED) is 0.360. The lowest BCUT2D eigenvalue weighted by Crippen LogP contribution is -2.55. The van der Waals surface area contributed by atoms with Crippen molar-refractivity contribution in [3.63, 3.8) is 0 Å². The highest BCUT2D eigenvalue weighted by molar-refractivity contribution is 5.86. The Hall–Kier alpha value is -3.95. The van der Waals surface area contributed by atoms with Crippen LogP contribution in [0.25, 0.3) is 0 Å². The molecule has 1 aliphatic rings. The normalized spacial score (nSPS) is 13.9. The average Bonchev–Trinajstić information content (AvgIpc) is 3.00. The smallest absolute Gasteiger partial charge is 0.408 e. The fourth-order valence-electron chi connectivity index (χ4n) is 4.83. The van der Waals surface area contributed by atoms with Crippen molar-refractivity contribution in [2.45, 2.75) is 25.6 Å². The standard InChI is InChI=1S/C31H37N3O6.ClH/c1-37-27-15-14-25(28(38-2)29(27)39-3)21-33-16-18-34(19-17-33)30(35)26(20-23-10-6-4-7-11-23)32-31(36)40-22-24-12-8-5-9-13-24;/h4-15,26H,16-22H2,1-3H3,(H,32,36);1H/t26-;/m0./s1. The van der Waals surface area contributed by atoms with Crippen molar-refractivity contribution in [2.75, 3.05) is 47.5 Å². The van der Waals surface area contributed by atoms with Crippen LogP contribution in [0.1, 0.15) is 16.7 Å². The van der Waals surface area contributed by atoms with E-state index in [1.807, 2.05) is 77.7 Å². The number of halogens is 1. The van der Waals surface area contributed by atoms with Crippen LogP contribution in [0.4, 0.5) is 4.79 Å². The summed E-state index contributed by atoms with van der Waals surface area (Å²) < 4.78 is 22.0. The van der Waals surface area contributed by atoms with Crippen molar-refractivity contribution in [2.24, 2.45) is 0 Å².